The fraction of sp³-hybridized carbons (Fsp3) is 0.786. The largest absolute Gasteiger partial charge is 0.310 e. The molecule has 1 N–H and O–H groups in total. The Morgan fingerprint density at radius 1 is 1.24 bits per heavy atom. The van der Waals surface area contributed by atoms with Gasteiger partial charge in [0.2, 0.25) is 0 Å². The number of hydrogen-bond acceptors (Lipinski definition) is 2. The van der Waals surface area contributed by atoms with Crippen LogP contribution >= 0.6 is 0 Å². The lowest BCUT2D eigenvalue weighted by atomic mass is 9.96. The Balaban J connectivity index is 1.74. The molecule has 1 fully saturated rings. The summed E-state index contributed by atoms with van der Waals surface area (Å²) in [7, 11) is 0. The molecule has 0 saturated heterocycles. The van der Waals surface area contributed by atoms with Gasteiger partial charge in [-0.25, -0.2) is 0 Å². The van der Waals surface area contributed by atoms with Gasteiger partial charge in [-0.2, -0.15) is 5.10 Å². The summed E-state index contributed by atoms with van der Waals surface area (Å²) in [6.45, 7) is 3.24. The summed E-state index contributed by atoms with van der Waals surface area (Å²) >= 11 is 0. The molecule has 0 aliphatic heterocycles. The van der Waals surface area contributed by atoms with Crippen LogP contribution in [-0.4, -0.2) is 21.9 Å². The van der Waals surface area contributed by atoms with E-state index < -0.39 is 0 Å². The first kappa shape index (κ1) is 12.6. The van der Waals surface area contributed by atoms with Crippen LogP contribution in [0.4, 0.5) is 0 Å². The first-order valence-electron chi connectivity index (χ1n) is 7.08. The van der Waals surface area contributed by atoms with Crippen LogP contribution in [-0.2, 0) is 6.54 Å². The number of aromatic nitrogens is 2. The highest BCUT2D eigenvalue weighted by Crippen LogP contribution is 2.17. The second kappa shape index (κ2) is 6.80. The molecule has 1 aromatic rings. The lowest BCUT2D eigenvalue weighted by Crippen LogP contribution is -2.39. The van der Waals surface area contributed by atoms with Gasteiger partial charge >= 0.3 is 0 Å². The van der Waals surface area contributed by atoms with Gasteiger partial charge in [0.15, 0.2) is 0 Å². The van der Waals surface area contributed by atoms with Gasteiger partial charge in [-0.05, 0) is 25.8 Å². The van der Waals surface area contributed by atoms with Crippen molar-refractivity contribution >= 4 is 0 Å². The molecule has 1 aliphatic rings. The Kier molecular flexibility index (Phi) is 5.05. The lowest BCUT2D eigenvalue weighted by Gasteiger charge is -2.25. The molecule has 0 amide bonds. The van der Waals surface area contributed by atoms with Crippen molar-refractivity contribution < 1.29 is 0 Å². The summed E-state index contributed by atoms with van der Waals surface area (Å²) in [6.07, 6.45) is 13.7. The second-order valence-corrected chi connectivity index (χ2v) is 5.34. The van der Waals surface area contributed by atoms with Crippen LogP contribution in [0.2, 0.25) is 0 Å². The minimum absolute atomic E-state index is 0.513. The van der Waals surface area contributed by atoms with Crippen molar-refractivity contribution in [3.63, 3.8) is 0 Å². The lowest BCUT2D eigenvalue weighted by molar-refractivity contribution is 0.336. The van der Waals surface area contributed by atoms with E-state index in [1.165, 1.54) is 44.9 Å². The summed E-state index contributed by atoms with van der Waals surface area (Å²) < 4.78 is 2.01. The van der Waals surface area contributed by atoms with Crippen molar-refractivity contribution in [3.05, 3.63) is 18.5 Å². The molecular weight excluding hydrogens is 210 g/mol. The second-order valence-electron chi connectivity index (χ2n) is 5.34. The van der Waals surface area contributed by atoms with Crippen molar-refractivity contribution in [3.8, 4) is 0 Å². The first-order valence-corrected chi connectivity index (χ1v) is 7.08. The normalized spacial score (nSPS) is 20.8. The van der Waals surface area contributed by atoms with E-state index in [4.69, 9.17) is 0 Å². The predicted octanol–water partition coefficient (Wildman–Crippen LogP) is 2.97. The van der Waals surface area contributed by atoms with E-state index in [-0.39, 0.29) is 0 Å². The first-order chi connectivity index (χ1) is 8.34. The van der Waals surface area contributed by atoms with Crippen molar-refractivity contribution in [2.24, 2.45) is 0 Å². The molecule has 1 aliphatic carbocycles. The van der Waals surface area contributed by atoms with Gasteiger partial charge in [-0.1, -0.05) is 32.1 Å². The molecule has 1 aromatic heterocycles. The molecule has 17 heavy (non-hydrogen) atoms. The molecular formula is C14H25N3. The molecule has 1 atom stereocenters. The molecule has 1 unspecified atom stereocenters. The van der Waals surface area contributed by atoms with Crippen molar-refractivity contribution in [1.29, 1.82) is 0 Å². The molecule has 3 heteroatoms. The topological polar surface area (TPSA) is 29.9 Å². The summed E-state index contributed by atoms with van der Waals surface area (Å²) in [5, 5.41) is 8.02. The molecule has 96 valence electrons. The van der Waals surface area contributed by atoms with Gasteiger partial charge in [0, 0.05) is 24.5 Å². The van der Waals surface area contributed by atoms with Crippen molar-refractivity contribution in [2.45, 2.75) is 70.5 Å². The molecule has 0 spiro atoms. The molecule has 3 nitrogen and oxygen atoms in total. The average Bonchev–Trinajstić information content (AvgIpc) is 2.74. The Labute approximate surface area is 105 Å². The van der Waals surface area contributed by atoms with Crippen LogP contribution in [0.25, 0.3) is 0 Å². The SMILES string of the molecule is CC(Cn1cccn1)NC1CCCCCCC1. The fourth-order valence-electron chi connectivity index (χ4n) is 2.77. The van der Waals surface area contributed by atoms with Crippen molar-refractivity contribution in [1.82, 2.24) is 15.1 Å². The van der Waals surface area contributed by atoms with Crippen LogP contribution in [0.3, 0.4) is 0 Å². The Bertz CT molecular complexity index is 286. The van der Waals surface area contributed by atoms with E-state index in [1.54, 1.807) is 0 Å². The maximum Gasteiger partial charge on any atom is 0.0560 e. The monoisotopic (exact) mass is 235 g/mol. The summed E-state index contributed by atoms with van der Waals surface area (Å²) in [5.41, 5.74) is 0. The highest BCUT2D eigenvalue weighted by molar-refractivity contribution is 4.80. The van der Waals surface area contributed by atoms with Crippen LogP contribution in [0.15, 0.2) is 18.5 Å². The predicted molar refractivity (Wildman–Crippen MR) is 70.9 cm³/mol. The Morgan fingerprint density at radius 2 is 1.94 bits per heavy atom. The van der Waals surface area contributed by atoms with Crippen LogP contribution in [0.5, 0.6) is 0 Å². The quantitative estimate of drug-likeness (QED) is 0.869. The van der Waals surface area contributed by atoms with E-state index in [2.05, 4.69) is 17.3 Å². The Hall–Kier alpha value is -0.830. The summed E-state index contributed by atoms with van der Waals surface area (Å²) in [5.74, 6) is 0. The number of rotatable bonds is 4. The minimum atomic E-state index is 0.513. The number of nitrogens with zero attached hydrogens (tertiary/aromatic N) is 2. The zero-order chi connectivity index (χ0) is 11.9. The molecule has 0 radical (unpaired) electrons. The third-order valence-electron chi connectivity index (χ3n) is 3.65. The standard InChI is InChI=1S/C14H25N3/c1-13(12-17-11-7-10-15-17)16-14-8-5-3-2-4-6-9-14/h7,10-11,13-14,16H,2-6,8-9,12H2,1H3. The van der Waals surface area contributed by atoms with E-state index in [0.717, 1.165) is 12.6 Å². The third-order valence-corrected chi connectivity index (χ3v) is 3.65. The molecule has 2 rings (SSSR count). The van der Waals surface area contributed by atoms with E-state index >= 15 is 0 Å². The third kappa shape index (κ3) is 4.50. The zero-order valence-electron chi connectivity index (χ0n) is 10.9. The molecule has 0 bridgehead atoms. The smallest absolute Gasteiger partial charge is 0.0560 e. The molecule has 0 aromatic carbocycles. The average molecular weight is 235 g/mol. The minimum Gasteiger partial charge on any atom is -0.310 e. The van der Waals surface area contributed by atoms with Gasteiger partial charge < -0.3 is 5.32 Å². The molecule has 1 saturated carbocycles. The van der Waals surface area contributed by atoms with Crippen molar-refractivity contribution in [2.75, 3.05) is 0 Å². The Morgan fingerprint density at radius 3 is 2.59 bits per heavy atom. The zero-order valence-corrected chi connectivity index (χ0v) is 10.9. The summed E-state index contributed by atoms with van der Waals surface area (Å²) in [4.78, 5) is 0. The van der Waals surface area contributed by atoms with Gasteiger partial charge in [-0.3, -0.25) is 4.68 Å². The maximum absolute atomic E-state index is 4.26. The number of hydrogen-bond donors (Lipinski definition) is 1. The van der Waals surface area contributed by atoms with Gasteiger partial charge in [0.1, 0.15) is 0 Å². The van der Waals surface area contributed by atoms with Gasteiger partial charge in [-0.15, -0.1) is 0 Å². The van der Waals surface area contributed by atoms with Gasteiger partial charge in [0.25, 0.3) is 0 Å². The van der Waals surface area contributed by atoms with Crippen LogP contribution < -0.4 is 5.32 Å². The highest BCUT2D eigenvalue weighted by atomic mass is 15.3. The summed E-state index contributed by atoms with van der Waals surface area (Å²) in [6, 6.07) is 3.22. The van der Waals surface area contributed by atoms with E-state index in [1.807, 2.05) is 23.1 Å². The fourth-order valence-corrected chi connectivity index (χ4v) is 2.77. The van der Waals surface area contributed by atoms with E-state index in [9.17, 15) is 0 Å². The highest BCUT2D eigenvalue weighted by Gasteiger charge is 2.13. The van der Waals surface area contributed by atoms with Gasteiger partial charge in [0.05, 0.1) is 6.54 Å². The molecule has 1 heterocycles. The maximum atomic E-state index is 4.26. The number of nitrogens with one attached hydrogen (secondary N) is 1. The van der Waals surface area contributed by atoms with Crippen LogP contribution in [0, 0.1) is 0 Å². The van der Waals surface area contributed by atoms with Crippen LogP contribution in [0.1, 0.15) is 51.9 Å². The van der Waals surface area contributed by atoms with E-state index in [0.29, 0.717) is 6.04 Å².